The molecule has 0 spiro atoms. The normalized spacial score (nSPS) is 11.7. The maximum absolute atomic E-state index is 11.5. The van der Waals surface area contributed by atoms with E-state index in [0.717, 1.165) is 132 Å². The monoisotopic (exact) mass is 1020 g/mol. The first kappa shape index (κ1) is 44.9. The molecule has 0 atom stereocenters. The molecule has 0 aliphatic carbocycles. The molecule has 0 saturated heterocycles. The Morgan fingerprint density at radius 2 is 0.463 bits per heavy atom. The molecule has 80 heavy (non-hydrogen) atoms. The lowest BCUT2D eigenvalue weighted by atomic mass is 9.98. The van der Waals surface area contributed by atoms with Crippen molar-refractivity contribution in [3.05, 3.63) is 266 Å². The van der Waals surface area contributed by atoms with Crippen molar-refractivity contribution < 1.29 is 0 Å². The second kappa shape index (κ2) is 17.6. The third-order valence-corrected chi connectivity index (χ3v) is 16.1. The van der Waals surface area contributed by atoms with Crippen LogP contribution in [0.1, 0.15) is 11.1 Å². The van der Waals surface area contributed by atoms with E-state index in [-0.39, 0.29) is 0 Å². The van der Waals surface area contributed by atoms with Gasteiger partial charge in [-0.1, -0.05) is 146 Å². The number of nitriles is 2. The first-order valence-corrected chi connectivity index (χ1v) is 26.7. The molecule has 6 heterocycles. The Morgan fingerprint density at radius 3 is 0.675 bits per heavy atom. The Balaban J connectivity index is 0.916. The van der Waals surface area contributed by atoms with E-state index >= 15 is 0 Å². The van der Waals surface area contributed by atoms with Gasteiger partial charge in [-0.25, -0.2) is 0 Å². The van der Waals surface area contributed by atoms with E-state index in [4.69, 9.17) is 9.97 Å². The lowest BCUT2D eigenvalue weighted by molar-refractivity contribution is 1.12. The van der Waals surface area contributed by atoms with Gasteiger partial charge in [0.05, 0.1) is 78.3 Å². The van der Waals surface area contributed by atoms with Crippen molar-refractivity contribution in [1.29, 1.82) is 10.5 Å². The highest BCUT2D eigenvalue weighted by Gasteiger charge is 2.25. The second-order valence-electron chi connectivity index (χ2n) is 20.3. The van der Waals surface area contributed by atoms with E-state index < -0.39 is 0 Å². The molecule has 0 unspecified atom stereocenters. The SMILES string of the molecule is N#Cc1c(-n2c3ccccc3c3ccccc32)cc(-c2ccnc(-c3cc(-c4cc(-n5c6ccccc6c6ccccc65)c(C#N)c(-n5c6ccccc6c6ccccc65)c4)ccn3)c2)cc1-n1c2ccccc2c2ccccc21. The molecular weight excluding hydrogens is 977 g/mol. The Bertz CT molecular complexity index is 4540. The number of nitrogens with zero attached hydrogens (tertiary/aromatic N) is 8. The Morgan fingerprint density at radius 1 is 0.250 bits per heavy atom. The smallest absolute Gasteiger partial charge is 0.104 e. The molecule has 0 bridgehead atoms. The van der Waals surface area contributed by atoms with Gasteiger partial charge in [0.2, 0.25) is 0 Å². The van der Waals surface area contributed by atoms with Crippen LogP contribution in [-0.4, -0.2) is 28.2 Å². The van der Waals surface area contributed by atoms with Crippen LogP contribution >= 0.6 is 0 Å². The van der Waals surface area contributed by atoms with Crippen molar-refractivity contribution in [2.45, 2.75) is 0 Å². The minimum absolute atomic E-state index is 0.554. The molecule has 8 nitrogen and oxygen atoms in total. The number of benzene rings is 10. The number of pyridine rings is 2. The van der Waals surface area contributed by atoms with Gasteiger partial charge in [0.15, 0.2) is 0 Å². The van der Waals surface area contributed by atoms with Crippen molar-refractivity contribution in [1.82, 2.24) is 28.2 Å². The molecule has 16 aromatic rings. The van der Waals surface area contributed by atoms with Crippen LogP contribution in [0.5, 0.6) is 0 Å². The maximum atomic E-state index is 11.5. The molecule has 6 aromatic heterocycles. The van der Waals surface area contributed by atoms with Crippen molar-refractivity contribution in [3.63, 3.8) is 0 Å². The lowest BCUT2D eigenvalue weighted by Gasteiger charge is -2.19. The third-order valence-electron chi connectivity index (χ3n) is 16.1. The van der Waals surface area contributed by atoms with Crippen molar-refractivity contribution >= 4 is 87.2 Å². The number of rotatable bonds is 7. The summed E-state index contributed by atoms with van der Waals surface area (Å²) in [6.07, 6.45) is 3.69. The summed E-state index contributed by atoms with van der Waals surface area (Å²) in [5.74, 6) is 0. The Labute approximate surface area is 458 Å². The molecular formula is C72H42N8. The summed E-state index contributed by atoms with van der Waals surface area (Å²) in [7, 11) is 0. The molecule has 0 saturated carbocycles. The summed E-state index contributed by atoms with van der Waals surface area (Å²) in [5.41, 5.74) is 17.3. The molecule has 0 radical (unpaired) electrons. The predicted octanol–water partition coefficient (Wildman–Crippen LogP) is 17.6. The third kappa shape index (κ3) is 6.61. The van der Waals surface area contributed by atoms with Crippen molar-refractivity contribution in [2.24, 2.45) is 0 Å². The Kier molecular flexibility index (Phi) is 9.90. The quantitative estimate of drug-likeness (QED) is 0.159. The van der Waals surface area contributed by atoms with Gasteiger partial charge >= 0.3 is 0 Å². The summed E-state index contributed by atoms with van der Waals surface area (Å²) in [6, 6.07) is 89.7. The van der Waals surface area contributed by atoms with Gasteiger partial charge in [0, 0.05) is 55.5 Å². The summed E-state index contributed by atoms with van der Waals surface area (Å²) in [6.45, 7) is 0. The number of fused-ring (bicyclic) bond motifs is 12. The van der Waals surface area contributed by atoms with Crippen molar-refractivity contribution in [3.8, 4) is 68.5 Å². The Hall–Kier alpha value is -11.3. The summed E-state index contributed by atoms with van der Waals surface area (Å²) >= 11 is 0. The topological polar surface area (TPSA) is 93.1 Å². The average Bonchev–Trinajstić information content (AvgIpc) is 4.33. The second-order valence-corrected chi connectivity index (χ2v) is 20.3. The minimum atomic E-state index is 0.554. The first-order valence-electron chi connectivity index (χ1n) is 26.7. The highest BCUT2D eigenvalue weighted by molar-refractivity contribution is 6.13. The van der Waals surface area contributed by atoms with Gasteiger partial charge in [0.1, 0.15) is 23.3 Å². The molecule has 10 aromatic carbocycles. The van der Waals surface area contributed by atoms with E-state index in [1.807, 2.05) is 24.5 Å². The van der Waals surface area contributed by atoms with Gasteiger partial charge in [-0.15, -0.1) is 0 Å². The molecule has 0 N–H and O–H groups in total. The predicted molar refractivity (Wildman–Crippen MR) is 325 cm³/mol. The fourth-order valence-electron chi connectivity index (χ4n) is 12.7. The van der Waals surface area contributed by atoms with Gasteiger partial charge in [-0.05, 0) is 119 Å². The number of hydrogen-bond donors (Lipinski definition) is 0. The maximum Gasteiger partial charge on any atom is 0.104 e. The van der Waals surface area contributed by atoms with Crippen molar-refractivity contribution in [2.75, 3.05) is 0 Å². The molecule has 8 heteroatoms. The van der Waals surface area contributed by atoms with Gasteiger partial charge in [-0.3, -0.25) is 9.97 Å². The van der Waals surface area contributed by atoms with Gasteiger partial charge < -0.3 is 18.3 Å². The zero-order valence-electron chi connectivity index (χ0n) is 42.8. The van der Waals surface area contributed by atoms with Crippen LogP contribution in [0.15, 0.2) is 255 Å². The highest BCUT2D eigenvalue weighted by Crippen LogP contribution is 2.43. The van der Waals surface area contributed by atoms with Crippen LogP contribution in [0, 0.1) is 22.7 Å². The molecule has 0 fully saturated rings. The molecule has 0 aliphatic heterocycles. The summed E-state index contributed by atoms with van der Waals surface area (Å²) in [5, 5.41) is 31.9. The highest BCUT2D eigenvalue weighted by atomic mass is 15.0. The van der Waals surface area contributed by atoms with E-state index in [1.54, 1.807) is 0 Å². The summed E-state index contributed by atoms with van der Waals surface area (Å²) < 4.78 is 8.98. The van der Waals surface area contributed by atoms with Gasteiger partial charge in [-0.2, -0.15) is 10.5 Å². The van der Waals surface area contributed by atoms with Gasteiger partial charge in [0.25, 0.3) is 0 Å². The summed E-state index contributed by atoms with van der Waals surface area (Å²) in [4.78, 5) is 10.0. The number of hydrogen-bond acceptors (Lipinski definition) is 4. The van der Waals surface area contributed by atoms with E-state index in [9.17, 15) is 10.5 Å². The number of para-hydroxylation sites is 8. The molecule has 0 aliphatic rings. The van der Waals surface area contributed by atoms with E-state index in [1.165, 1.54) is 0 Å². The van der Waals surface area contributed by atoms with Crippen LogP contribution in [0.25, 0.3) is 144 Å². The van der Waals surface area contributed by atoms with Crippen LogP contribution in [0.3, 0.4) is 0 Å². The minimum Gasteiger partial charge on any atom is -0.308 e. The lowest BCUT2D eigenvalue weighted by Crippen LogP contribution is -2.05. The molecule has 370 valence electrons. The standard InChI is InChI=1S/C72H42N8/c73-43-57-69(77-61-25-9-1-17-49(61)50-18-2-10-26-62(50)77)39-47(40-70(57)78-63-27-11-3-19-51(63)52-20-4-12-28-64(52)78)45-33-35-75-59(37-45)60-38-46(34-36-76-60)48-41-71(79-65-29-13-5-21-53(65)54-22-6-14-30-66(54)79)58(44-74)72(42-48)80-67-31-15-7-23-55(67)56-24-8-16-32-68(56)80/h1-42H. The van der Waals surface area contributed by atoms with Crippen LogP contribution in [-0.2, 0) is 0 Å². The van der Waals surface area contributed by atoms with Crippen LogP contribution < -0.4 is 0 Å². The largest absolute Gasteiger partial charge is 0.308 e. The average molecular weight is 1020 g/mol. The van der Waals surface area contributed by atoms with E-state index in [2.05, 4.69) is 261 Å². The van der Waals surface area contributed by atoms with Crippen LogP contribution in [0.2, 0.25) is 0 Å². The zero-order chi connectivity index (χ0) is 53.0. The number of aromatic nitrogens is 6. The van der Waals surface area contributed by atoms with E-state index in [0.29, 0.717) is 22.5 Å². The molecule has 16 rings (SSSR count). The first-order chi connectivity index (χ1) is 39.6. The van der Waals surface area contributed by atoms with Crippen LogP contribution in [0.4, 0.5) is 0 Å². The molecule has 0 amide bonds. The fourth-order valence-corrected chi connectivity index (χ4v) is 12.7. The fraction of sp³-hybridized carbons (Fsp3) is 0. The zero-order valence-corrected chi connectivity index (χ0v) is 42.8.